The van der Waals surface area contributed by atoms with Gasteiger partial charge in [0.05, 0.1) is 5.69 Å². The summed E-state index contributed by atoms with van der Waals surface area (Å²) < 4.78 is 13.9. The van der Waals surface area contributed by atoms with Crippen molar-refractivity contribution >= 4 is 17.1 Å². The van der Waals surface area contributed by atoms with Gasteiger partial charge in [-0.2, -0.15) is 0 Å². The third-order valence-electron chi connectivity index (χ3n) is 2.74. The van der Waals surface area contributed by atoms with E-state index >= 15 is 0 Å². The van der Waals surface area contributed by atoms with Gasteiger partial charge in [0.2, 0.25) is 0 Å². The molecule has 0 saturated carbocycles. The maximum atomic E-state index is 13.9. The molecule has 17 heavy (non-hydrogen) atoms. The van der Waals surface area contributed by atoms with Crippen LogP contribution < -0.4 is 10.2 Å². The molecule has 0 atom stereocenters. The van der Waals surface area contributed by atoms with Gasteiger partial charge in [0, 0.05) is 25.5 Å². The van der Waals surface area contributed by atoms with Gasteiger partial charge in [0.1, 0.15) is 5.82 Å². The molecule has 2 rings (SSSR count). The fraction of sp³-hybridized carbons (Fsp3) is 0.143. The molecule has 0 aliphatic heterocycles. The minimum absolute atomic E-state index is 0.233. The summed E-state index contributed by atoms with van der Waals surface area (Å²) in [7, 11) is 3.63. The summed E-state index contributed by atoms with van der Waals surface area (Å²) >= 11 is 0. The highest BCUT2D eigenvalue weighted by Gasteiger charge is 2.09. The molecule has 88 valence electrons. The van der Waals surface area contributed by atoms with Crippen molar-refractivity contribution in [2.24, 2.45) is 0 Å². The molecule has 0 amide bonds. The SMILES string of the molecule is CNc1ccc(N(C)c2ccccc2)c(F)c1. The Bertz CT molecular complexity index is 497. The van der Waals surface area contributed by atoms with Gasteiger partial charge in [0.15, 0.2) is 0 Å². The summed E-state index contributed by atoms with van der Waals surface area (Å²) in [5.41, 5.74) is 2.30. The largest absolute Gasteiger partial charge is 0.388 e. The van der Waals surface area contributed by atoms with E-state index in [1.807, 2.05) is 48.3 Å². The van der Waals surface area contributed by atoms with Crippen molar-refractivity contribution < 1.29 is 4.39 Å². The van der Waals surface area contributed by atoms with Gasteiger partial charge in [-0.25, -0.2) is 4.39 Å². The van der Waals surface area contributed by atoms with E-state index in [1.165, 1.54) is 6.07 Å². The first-order valence-corrected chi connectivity index (χ1v) is 5.48. The second kappa shape index (κ2) is 4.87. The minimum Gasteiger partial charge on any atom is -0.388 e. The van der Waals surface area contributed by atoms with Crippen LogP contribution in [0.2, 0.25) is 0 Å². The molecule has 0 radical (unpaired) electrons. The van der Waals surface area contributed by atoms with Crippen molar-refractivity contribution in [3.8, 4) is 0 Å². The Morgan fingerprint density at radius 2 is 1.76 bits per heavy atom. The van der Waals surface area contributed by atoms with Crippen molar-refractivity contribution in [2.45, 2.75) is 0 Å². The number of halogens is 1. The third kappa shape index (κ3) is 2.38. The molecule has 0 aliphatic rings. The maximum Gasteiger partial charge on any atom is 0.148 e. The molecule has 2 nitrogen and oxygen atoms in total. The van der Waals surface area contributed by atoms with Crippen LogP contribution in [-0.4, -0.2) is 14.1 Å². The Hall–Kier alpha value is -2.03. The van der Waals surface area contributed by atoms with E-state index in [0.29, 0.717) is 5.69 Å². The highest BCUT2D eigenvalue weighted by molar-refractivity contribution is 5.65. The van der Waals surface area contributed by atoms with E-state index in [-0.39, 0.29) is 5.82 Å². The number of nitrogens with one attached hydrogen (secondary N) is 1. The lowest BCUT2D eigenvalue weighted by Crippen LogP contribution is -2.11. The summed E-state index contributed by atoms with van der Waals surface area (Å²) in [5.74, 6) is -0.233. The fourth-order valence-electron chi connectivity index (χ4n) is 1.73. The molecular weight excluding hydrogens is 215 g/mol. The van der Waals surface area contributed by atoms with Crippen molar-refractivity contribution in [3.63, 3.8) is 0 Å². The molecule has 0 bridgehead atoms. The first kappa shape index (κ1) is 11.5. The van der Waals surface area contributed by atoms with Crippen LogP contribution in [0.4, 0.5) is 21.5 Å². The summed E-state index contributed by atoms with van der Waals surface area (Å²) in [5, 5.41) is 2.92. The number of nitrogens with zero attached hydrogens (tertiary/aromatic N) is 1. The number of rotatable bonds is 3. The third-order valence-corrected chi connectivity index (χ3v) is 2.74. The van der Waals surface area contributed by atoms with Crippen LogP contribution in [0, 0.1) is 5.82 Å². The Balaban J connectivity index is 2.34. The number of para-hydroxylation sites is 1. The van der Waals surface area contributed by atoms with Crippen LogP contribution in [0.3, 0.4) is 0 Å². The molecule has 0 saturated heterocycles. The topological polar surface area (TPSA) is 15.3 Å². The molecular formula is C14H15FN2. The molecule has 0 unspecified atom stereocenters. The molecule has 0 heterocycles. The van der Waals surface area contributed by atoms with E-state index in [9.17, 15) is 4.39 Å². The first-order chi connectivity index (χ1) is 8.22. The van der Waals surface area contributed by atoms with Gasteiger partial charge < -0.3 is 10.2 Å². The number of hydrogen-bond acceptors (Lipinski definition) is 2. The predicted octanol–water partition coefficient (Wildman–Crippen LogP) is 3.64. The number of hydrogen-bond donors (Lipinski definition) is 1. The Kier molecular flexibility index (Phi) is 3.28. The van der Waals surface area contributed by atoms with Crippen molar-refractivity contribution in [1.82, 2.24) is 0 Å². The summed E-state index contributed by atoms with van der Waals surface area (Å²) in [4.78, 5) is 1.83. The van der Waals surface area contributed by atoms with Gasteiger partial charge in [-0.05, 0) is 30.3 Å². The zero-order chi connectivity index (χ0) is 12.3. The van der Waals surface area contributed by atoms with E-state index in [4.69, 9.17) is 0 Å². The number of anilines is 3. The summed E-state index contributed by atoms with van der Waals surface area (Å²) in [6.07, 6.45) is 0. The van der Waals surface area contributed by atoms with Crippen LogP contribution in [-0.2, 0) is 0 Å². The fourth-order valence-corrected chi connectivity index (χ4v) is 1.73. The predicted molar refractivity (Wildman–Crippen MR) is 70.5 cm³/mol. The molecule has 1 N–H and O–H groups in total. The molecule has 2 aromatic rings. The van der Waals surface area contributed by atoms with Crippen LogP contribution in [0.5, 0.6) is 0 Å². The highest BCUT2D eigenvalue weighted by Crippen LogP contribution is 2.27. The zero-order valence-corrected chi connectivity index (χ0v) is 9.94. The van der Waals surface area contributed by atoms with Crippen LogP contribution >= 0.6 is 0 Å². The van der Waals surface area contributed by atoms with Gasteiger partial charge >= 0.3 is 0 Å². The van der Waals surface area contributed by atoms with Crippen molar-refractivity contribution in [3.05, 3.63) is 54.3 Å². The van der Waals surface area contributed by atoms with E-state index in [0.717, 1.165) is 11.4 Å². The van der Waals surface area contributed by atoms with Gasteiger partial charge in [0.25, 0.3) is 0 Å². The molecule has 0 aromatic heterocycles. The normalized spacial score (nSPS) is 10.1. The standard InChI is InChI=1S/C14H15FN2/c1-16-11-8-9-14(13(15)10-11)17(2)12-6-4-3-5-7-12/h3-10,16H,1-2H3. The Labute approximate surface area is 101 Å². The van der Waals surface area contributed by atoms with Crippen molar-refractivity contribution in [1.29, 1.82) is 0 Å². The smallest absolute Gasteiger partial charge is 0.148 e. The molecule has 2 aromatic carbocycles. The average molecular weight is 230 g/mol. The Morgan fingerprint density at radius 3 is 2.35 bits per heavy atom. The Morgan fingerprint density at radius 1 is 1.06 bits per heavy atom. The van der Waals surface area contributed by atoms with Crippen LogP contribution in [0.1, 0.15) is 0 Å². The summed E-state index contributed by atoms with van der Waals surface area (Å²) in [6.45, 7) is 0. The lowest BCUT2D eigenvalue weighted by Gasteiger charge is -2.20. The summed E-state index contributed by atoms with van der Waals surface area (Å²) in [6, 6.07) is 14.8. The lowest BCUT2D eigenvalue weighted by molar-refractivity contribution is 0.628. The molecule has 0 spiro atoms. The maximum absolute atomic E-state index is 13.9. The van der Waals surface area contributed by atoms with Crippen molar-refractivity contribution in [2.75, 3.05) is 24.3 Å². The lowest BCUT2D eigenvalue weighted by atomic mass is 10.2. The van der Waals surface area contributed by atoms with Gasteiger partial charge in [-0.15, -0.1) is 0 Å². The van der Waals surface area contributed by atoms with Crippen LogP contribution in [0.15, 0.2) is 48.5 Å². The van der Waals surface area contributed by atoms with E-state index in [1.54, 1.807) is 13.1 Å². The van der Waals surface area contributed by atoms with Gasteiger partial charge in [-0.3, -0.25) is 0 Å². The van der Waals surface area contributed by atoms with E-state index in [2.05, 4.69) is 5.32 Å². The van der Waals surface area contributed by atoms with E-state index < -0.39 is 0 Å². The quantitative estimate of drug-likeness (QED) is 0.866. The second-order valence-electron chi connectivity index (χ2n) is 3.81. The zero-order valence-electron chi connectivity index (χ0n) is 9.94. The first-order valence-electron chi connectivity index (χ1n) is 5.48. The number of benzene rings is 2. The second-order valence-corrected chi connectivity index (χ2v) is 3.81. The molecule has 3 heteroatoms. The highest BCUT2D eigenvalue weighted by atomic mass is 19.1. The van der Waals surface area contributed by atoms with Crippen LogP contribution in [0.25, 0.3) is 0 Å². The monoisotopic (exact) mass is 230 g/mol. The molecule has 0 aliphatic carbocycles. The minimum atomic E-state index is -0.233. The molecule has 0 fully saturated rings. The van der Waals surface area contributed by atoms with Gasteiger partial charge in [-0.1, -0.05) is 18.2 Å². The average Bonchev–Trinajstić information content (AvgIpc) is 2.39.